The van der Waals surface area contributed by atoms with Crippen LogP contribution in [0.15, 0.2) is 0 Å². The molecule has 1 heterocycles. The first-order valence-corrected chi connectivity index (χ1v) is 6.86. The number of hydrogen-bond donors (Lipinski definition) is 2. The lowest BCUT2D eigenvalue weighted by molar-refractivity contribution is -0.144. The molecule has 1 saturated heterocycles. The summed E-state index contributed by atoms with van der Waals surface area (Å²) in [5, 5.41) is 12.6. The quantitative estimate of drug-likeness (QED) is 0.665. The third-order valence-electron chi connectivity index (χ3n) is 3.62. The van der Waals surface area contributed by atoms with Crippen LogP contribution in [0.2, 0.25) is 0 Å². The number of carboxylic acids is 1. The molecule has 1 aliphatic rings. The minimum absolute atomic E-state index is 0.278. The van der Waals surface area contributed by atoms with Crippen LogP contribution >= 0.6 is 0 Å². The molecule has 1 atom stereocenters. The van der Waals surface area contributed by atoms with E-state index in [9.17, 15) is 4.79 Å². The Labute approximate surface area is 104 Å². The molecule has 0 aromatic rings. The van der Waals surface area contributed by atoms with E-state index in [4.69, 9.17) is 5.11 Å². The molecule has 1 rings (SSSR count). The fourth-order valence-corrected chi connectivity index (χ4v) is 2.54. The number of likely N-dealkylation sites (tertiary alicyclic amines) is 1. The van der Waals surface area contributed by atoms with Crippen LogP contribution in [0.3, 0.4) is 0 Å². The minimum atomic E-state index is -0.671. The van der Waals surface area contributed by atoms with Gasteiger partial charge in [-0.15, -0.1) is 0 Å². The Morgan fingerprint density at radius 1 is 1.41 bits per heavy atom. The molecule has 0 radical (unpaired) electrons. The zero-order chi connectivity index (χ0) is 12.7. The molecule has 1 aliphatic heterocycles. The molecule has 0 bridgehead atoms. The van der Waals surface area contributed by atoms with Gasteiger partial charge in [-0.25, -0.2) is 0 Å². The Kier molecular flexibility index (Phi) is 6.52. The minimum Gasteiger partial charge on any atom is -0.480 e. The van der Waals surface area contributed by atoms with Crippen molar-refractivity contribution in [1.29, 1.82) is 0 Å². The SMILES string of the molecule is CCCNCC1CCN(C(CC)C(=O)O)CC1. The fraction of sp³-hybridized carbons (Fsp3) is 0.923. The summed E-state index contributed by atoms with van der Waals surface area (Å²) < 4.78 is 0. The highest BCUT2D eigenvalue weighted by Gasteiger charge is 2.27. The zero-order valence-corrected chi connectivity index (χ0v) is 11.1. The Hall–Kier alpha value is -0.610. The number of nitrogens with zero attached hydrogens (tertiary/aromatic N) is 1. The van der Waals surface area contributed by atoms with Gasteiger partial charge in [-0.05, 0) is 57.8 Å². The second-order valence-corrected chi connectivity index (χ2v) is 4.95. The third-order valence-corrected chi connectivity index (χ3v) is 3.62. The van der Waals surface area contributed by atoms with Gasteiger partial charge in [0.2, 0.25) is 0 Å². The van der Waals surface area contributed by atoms with Crippen molar-refractivity contribution in [2.24, 2.45) is 5.92 Å². The lowest BCUT2D eigenvalue weighted by atomic mass is 9.95. The summed E-state index contributed by atoms with van der Waals surface area (Å²) in [6.07, 6.45) is 4.13. The van der Waals surface area contributed by atoms with E-state index in [1.54, 1.807) is 0 Å². The van der Waals surface area contributed by atoms with Crippen molar-refractivity contribution in [3.8, 4) is 0 Å². The lowest BCUT2D eigenvalue weighted by Gasteiger charge is -2.35. The normalized spacial score (nSPS) is 20.4. The molecule has 4 heteroatoms. The van der Waals surface area contributed by atoms with Gasteiger partial charge in [0, 0.05) is 0 Å². The van der Waals surface area contributed by atoms with Gasteiger partial charge in [0.15, 0.2) is 0 Å². The topological polar surface area (TPSA) is 52.6 Å². The van der Waals surface area contributed by atoms with Crippen LogP contribution in [-0.2, 0) is 4.79 Å². The van der Waals surface area contributed by atoms with E-state index in [0.29, 0.717) is 6.42 Å². The highest BCUT2D eigenvalue weighted by molar-refractivity contribution is 5.73. The van der Waals surface area contributed by atoms with Crippen molar-refractivity contribution in [1.82, 2.24) is 10.2 Å². The average molecular weight is 242 g/mol. The van der Waals surface area contributed by atoms with Crippen molar-refractivity contribution < 1.29 is 9.90 Å². The second-order valence-electron chi connectivity index (χ2n) is 4.95. The van der Waals surface area contributed by atoms with Crippen molar-refractivity contribution in [3.05, 3.63) is 0 Å². The van der Waals surface area contributed by atoms with E-state index in [0.717, 1.165) is 44.9 Å². The molecular weight excluding hydrogens is 216 g/mol. The van der Waals surface area contributed by atoms with Crippen LogP contribution in [0.4, 0.5) is 0 Å². The summed E-state index contributed by atoms with van der Waals surface area (Å²) in [7, 11) is 0. The molecule has 0 saturated carbocycles. The summed E-state index contributed by atoms with van der Waals surface area (Å²) in [5.41, 5.74) is 0. The number of carbonyl (C=O) groups is 1. The first-order chi connectivity index (χ1) is 8.19. The number of carboxylic acid groups (broad SMARTS) is 1. The molecule has 0 aliphatic carbocycles. The van der Waals surface area contributed by atoms with Crippen molar-refractivity contribution in [2.75, 3.05) is 26.2 Å². The Bertz CT molecular complexity index is 225. The van der Waals surface area contributed by atoms with Gasteiger partial charge in [-0.2, -0.15) is 0 Å². The third kappa shape index (κ3) is 4.64. The van der Waals surface area contributed by atoms with Gasteiger partial charge < -0.3 is 10.4 Å². The number of rotatable bonds is 7. The molecule has 0 amide bonds. The standard InChI is InChI=1S/C13H26N2O2/c1-3-7-14-10-11-5-8-15(9-6-11)12(4-2)13(16)17/h11-12,14H,3-10H2,1-2H3,(H,16,17). The Morgan fingerprint density at radius 3 is 2.53 bits per heavy atom. The molecule has 2 N–H and O–H groups in total. The number of aliphatic carboxylic acids is 1. The van der Waals surface area contributed by atoms with Crippen LogP contribution in [0.1, 0.15) is 39.5 Å². The monoisotopic (exact) mass is 242 g/mol. The van der Waals surface area contributed by atoms with Crippen molar-refractivity contribution in [2.45, 2.75) is 45.6 Å². The molecule has 0 spiro atoms. The number of nitrogens with one attached hydrogen (secondary N) is 1. The molecule has 0 aromatic heterocycles. The predicted molar refractivity (Wildman–Crippen MR) is 69.2 cm³/mol. The number of hydrogen-bond acceptors (Lipinski definition) is 3. The highest BCUT2D eigenvalue weighted by atomic mass is 16.4. The maximum absolute atomic E-state index is 11.1. The molecule has 0 aromatic carbocycles. The van der Waals surface area contributed by atoms with E-state index in [1.807, 2.05) is 6.92 Å². The van der Waals surface area contributed by atoms with Gasteiger partial charge in [0.25, 0.3) is 0 Å². The largest absolute Gasteiger partial charge is 0.480 e. The van der Waals surface area contributed by atoms with Gasteiger partial charge in [0.1, 0.15) is 6.04 Å². The van der Waals surface area contributed by atoms with Crippen LogP contribution in [0, 0.1) is 5.92 Å². The van der Waals surface area contributed by atoms with Gasteiger partial charge >= 0.3 is 5.97 Å². The zero-order valence-electron chi connectivity index (χ0n) is 11.1. The summed E-state index contributed by atoms with van der Waals surface area (Å²) in [5.74, 6) is 0.0548. The Balaban J connectivity index is 2.27. The molecule has 100 valence electrons. The molecule has 4 nitrogen and oxygen atoms in total. The van der Waals surface area contributed by atoms with Crippen molar-refractivity contribution in [3.63, 3.8) is 0 Å². The Morgan fingerprint density at radius 2 is 2.06 bits per heavy atom. The highest BCUT2D eigenvalue weighted by Crippen LogP contribution is 2.19. The number of piperidine rings is 1. The van der Waals surface area contributed by atoms with E-state index in [-0.39, 0.29) is 6.04 Å². The second kappa shape index (κ2) is 7.67. The van der Waals surface area contributed by atoms with Gasteiger partial charge in [0.05, 0.1) is 0 Å². The molecular formula is C13H26N2O2. The first kappa shape index (κ1) is 14.5. The van der Waals surface area contributed by atoms with Crippen LogP contribution in [0.25, 0.3) is 0 Å². The summed E-state index contributed by atoms with van der Waals surface area (Å²) in [4.78, 5) is 13.2. The first-order valence-electron chi connectivity index (χ1n) is 6.86. The van der Waals surface area contributed by atoms with Crippen LogP contribution in [0.5, 0.6) is 0 Å². The summed E-state index contributed by atoms with van der Waals surface area (Å²) >= 11 is 0. The van der Waals surface area contributed by atoms with E-state index in [2.05, 4.69) is 17.1 Å². The lowest BCUT2D eigenvalue weighted by Crippen LogP contribution is -2.46. The molecule has 17 heavy (non-hydrogen) atoms. The summed E-state index contributed by atoms with van der Waals surface area (Å²) in [6.45, 7) is 8.17. The van der Waals surface area contributed by atoms with E-state index < -0.39 is 5.97 Å². The molecule has 1 fully saturated rings. The summed E-state index contributed by atoms with van der Waals surface area (Å²) in [6, 6.07) is -0.278. The predicted octanol–water partition coefficient (Wildman–Crippen LogP) is 1.56. The van der Waals surface area contributed by atoms with Gasteiger partial charge in [-0.3, -0.25) is 9.69 Å². The maximum atomic E-state index is 11.1. The molecule has 1 unspecified atom stereocenters. The van der Waals surface area contributed by atoms with Gasteiger partial charge in [-0.1, -0.05) is 13.8 Å². The van der Waals surface area contributed by atoms with Crippen LogP contribution < -0.4 is 5.32 Å². The van der Waals surface area contributed by atoms with E-state index >= 15 is 0 Å². The average Bonchev–Trinajstić information content (AvgIpc) is 2.32. The van der Waals surface area contributed by atoms with Crippen molar-refractivity contribution >= 4 is 5.97 Å². The maximum Gasteiger partial charge on any atom is 0.320 e. The smallest absolute Gasteiger partial charge is 0.320 e. The van der Waals surface area contributed by atoms with E-state index in [1.165, 1.54) is 6.42 Å². The fourth-order valence-electron chi connectivity index (χ4n) is 2.54. The van der Waals surface area contributed by atoms with Crippen LogP contribution in [-0.4, -0.2) is 48.2 Å².